The largest absolute Gasteiger partial charge is 0.462 e. The minimum Gasteiger partial charge on any atom is -0.462 e. The van der Waals surface area contributed by atoms with Crippen molar-refractivity contribution in [1.29, 1.82) is 0 Å². The van der Waals surface area contributed by atoms with Crippen LogP contribution in [0, 0.1) is 0 Å². The molecule has 0 saturated heterocycles. The second-order valence-corrected chi connectivity index (χ2v) is 18.5. The molecule has 0 radical (unpaired) electrons. The number of carbonyl (C=O) groups excluding carboxylic acids is 3. The van der Waals surface area contributed by atoms with Gasteiger partial charge in [0.2, 0.25) is 0 Å². The number of hydrogen-bond donors (Lipinski definition) is 0. The molecule has 0 heterocycles. The molecule has 0 atom stereocenters. The standard InChI is InChI=1S/C54H104O6/c1-4-7-10-13-16-19-22-25-27-29-32-34-37-40-43-46-52(55)58-49-51(60-54(57)48-45-42-39-36-31-24-21-18-15-12-9-6-3)50-59-53(56)47-44-41-38-35-33-30-28-26-23-20-17-14-11-8-5-2/h51H,4-50H2,1-3H3. The van der Waals surface area contributed by atoms with E-state index >= 15 is 0 Å². The van der Waals surface area contributed by atoms with Gasteiger partial charge in [0.05, 0.1) is 0 Å². The minimum absolute atomic E-state index is 0.0615. The maximum atomic E-state index is 12.8. The van der Waals surface area contributed by atoms with Crippen molar-refractivity contribution < 1.29 is 28.6 Å². The summed E-state index contributed by atoms with van der Waals surface area (Å²) in [5.41, 5.74) is 0. The molecule has 0 N–H and O–H groups in total. The Morgan fingerprint density at radius 3 is 0.667 bits per heavy atom. The van der Waals surface area contributed by atoms with Gasteiger partial charge in [-0.25, -0.2) is 0 Å². The van der Waals surface area contributed by atoms with Gasteiger partial charge in [-0.05, 0) is 19.3 Å². The third kappa shape index (κ3) is 47.5. The number of ether oxygens (including phenoxy) is 3. The third-order valence-corrected chi connectivity index (χ3v) is 12.4. The van der Waals surface area contributed by atoms with E-state index in [1.54, 1.807) is 0 Å². The topological polar surface area (TPSA) is 78.9 Å². The predicted octanol–water partition coefficient (Wildman–Crippen LogP) is 17.6. The second kappa shape index (κ2) is 50.1. The summed E-state index contributed by atoms with van der Waals surface area (Å²) >= 11 is 0. The van der Waals surface area contributed by atoms with Gasteiger partial charge >= 0.3 is 17.9 Å². The zero-order valence-electron chi connectivity index (χ0n) is 40.8. The molecule has 0 unspecified atom stereocenters. The molecule has 0 aromatic carbocycles. The number of unbranched alkanes of at least 4 members (excludes halogenated alkanes) is 39. The quantitative estimate of drug-likeness (QED) is 0.0345. The third-order valence-electron chi connectivity index (χ3n) is 12.4. The molecule has 0 aromatic heterocycles. The predicted molar refractivity (Wildman–Crippen MR) is 257 cm³/mol. The molecule has 0 rings (SSSR count). The van der Waals surface area contributed by atoms with Crippen LogP contribution in [-0.4, -0.2) is 37.2 Å². The first kappa shape index (κ1) is 58.4. The van der Waals surface area contributed by atoms with E-state index in [2.05, 4.69) is 20.8 Å². The SMILES string of the molecule is CCCCCCCCCCCCCCCCCC(=O)OCC(COC(=O)CCCCCCCCCCCCCCCCC)OC(=O)CCCCCCCCCCCCCC. The van der Waals surface area contributed by atoms with E-state index in [1.807, 2.05) is 0 Å². The minimum atomic E-state index is -0.759. The summed E-state index contributed by atoms with van der Waals surface area (Å²) in [4.78, 5) is 38.0. The fourth-order valence-corrected chi connectivity index (χ4v) is 8.27. The van der Waals surface area contributed by atoms with Crippen LogP contribution < -0.4 is 0 Å². The van der Waals surface area contributed by atoms with Gasteiger partial charge in [0.1, 0.15) is 13.2 Å². The summed E-state index contributed by atoms with van der Waals surface area (Å²) in [5.74, 6) is -0.837. The van der Waals surface area contributed by atoms with Crippen molar-refractivity contribution in [1.82, 2.24) is 0 Å². The summed E-state index contributed by atoms with van der Waals surface area (Å²) in [5, 5.41) is 0. The average molecular weight is 849 g/mol. The average Bonchev–Trinajstić information content (AvgIpc) is 3.24. The smallest absolute Gasteiger partial charge is 0.306 e. The van der Waals surface area contributed by atoms with Gasteiger partial charge in [0.15, 0.2) is 6.10 Å². The summed E-state index contributed by atoms with van der Waals surface area (Å²) in [6.07, 6.45) is 53.7. The lowest BCUT2D eigenvalue weighted by Gasteiger charge is -2.18. The van der Waals surface area contributed by atoms with E-state index in [0.717, 1.165) is 57.8 Å². The van der Waals surface area contributed by atoms with Crippen molar-refractivity contribution >= 4 is 17.9 Å². The Morgan fingerprint density at radius 2 is 0.450 bits per heavy atom. The Kier molecular flexibility index (Phi) is 48.7. The van der Waals surface area contributed by atoms with Crippen molar-refractivity contribution in [3.05, 3.63) is 0 Å². The monoisotopic (exact) mass is 849 g/mol. The Labute approximate surface area is 374 Å². The highest BCUT2D eigenvalue weighted by atomic mass is 16.6. The van der Waals surface area contributed by atoms with Gasteiger partial charge in [-0.15, -0.1) is 0 Å². The van der Waals surface area contributed by atoms with Crippen molar-refractivity contribution in [2.24, 2.45) is 0 Å². The van der Waals surface area contributed by atoms with Crippen molar-refractivity contribution in [3.63, 3.8) is 0 Å². The molecule has 6 heteroatoms. The molecular formula is C54H104O6. The van der Waals surface area contributed by atoms with Crippen LogP contribution >= 0.6 is 0 Å². The van der Waals surface area contributed by atoms with E-state index in [4.69, 9.17) is 14.2 Å². The Bertz CT molecular complexity index is 839. The van der Waals surface area contributed by atoms with Gasteiger partial charge < -0.3 is 14.2 Å². The highest BCUT2D eigenvalue weighted by Crippen LogP contribution is 2.17. The fraction of sp³-hybridized carbons (Fsp3) is 0.944. The lowest BCUT2D eigenvalue weighted by Crippen LogP contribution is -2.30. The second-order valence-electron chi connectivity index (χ2n) is 18.5. The summed E-state index contributed by atoms with van der Waals surface area (Å²) in [6.45, 7) is 6.69. The van der Waals surface area contributed by atoms with Crippen LogP contribution in [-0.2, 0) is 28.6 Å². The van der Waals surface area contributed by atoms with Gasteiger partial charge in [-0.3, -0.25) is 14.4 Å². The molecule has 0 aliphatic rings. The van der Waals surface area contributed by atoms with Gasteiger partial charge in [0.25, 0.3) is 0 Å². The first-order valence-electron chi connectivity index (χ1n) is 27.0. The summed E-state index contributed by atoms with van der Waals surface area (Å²) in [7, 11) is 0. The van der Waals surface area contributed by atoms with Crippen LogP contribution in [0.1, 0.15) is 310 Å². The van der Waals surface area contributed by atoms with Crippen LogP contribution in [0.2, 0.25) is 0 Å². The zero-order valence-corrected chi connectivity index (χ0v) is 40.8. The summed E-state index contributed by atoms with van der Waals surface area (Å²) in [6, 6.07) is 0. The zero-order chi connectivity index (χ0) is 43.7. The molecule has 60 heavy (non-hydrogen) atoms. The van der Waals surface area contributed by atoms with Crippen molar-refractivity contribution in [3.8, 4) is 0 Å². The van der Waals surface area contributed by atoms with Gasteiger partial charge in [0, 0.05) is 19.3 Å². The molecule has 0 amide bonds. The van der Waals surface area contributed by atoms with E-state index < -0.39 is 6.10 Å². The molecule has 6 nitrogen and oxygen atoms in total. The fourth-order valence-electron chi connectivity index (χ4n) is 8.27. The molecule has 356 valence electrons. The highest BCUT2D eigenvalue weighted by molar-refractivity contribution is 5.71. The molecule has 0 aromatic rings. The molecule has 0 fully saturated rings. The number of esters is 3. The van der Waals surface area contributed by atoms with Gasteiger partial charge in [-0.1, -0.05) is 271 Å². The maximum Gasteiger partial charge on any atom is 0.306 e. The molecular weight excluding hydrogens is 745 g/mol. The van der Waals surface area contributed by atoms with Crippen LogP contribution in [0.3, 0.4) is 0 Å². The van der Waals surface area contributed by atoms with E-state index in [-0.39, 0.29) is 31.1 Å². The van der Waals surface area contributed by atoms with Crippen LogP contribution in [0.25, 0.3) is 0 Å². The first-order chi connectivity index (χ1) is 29.5. The van der Waals surface area contributed by atoms with Gasteiger partial charge in [-0.2, -0.15) is 0 Å². The molecule has 0 aliphatic carbocycles. The molecule has 0 bridgehead atoms. The summed E-state index contributed by atoms with van der Waals surface area (Å²) < 4.78 is 16.8. The normalized spacial score (nSPS) is 11.4. The van der Waals surface area contributed by atoms with E-state index in [9.17, 15) is 14.4 Å². The van der Waals surface area contributed by atoms with E-state index in [1.165, 1.54) is 212 Å². The lowest BCUT2D eigenvalue weighted by molar-refractivity contribution is -0.167. The Balaban J connectivity index is 4.28. The van der Waals surface area contributed by atoms with E-state index in [0.29, 0.717) is 19.3 Å². The lowest BCUT2D eigenvalue weighted by atomic mass is 10.0. The maximum absolute atomic E-state index is 12.8. The Morgan fingerprint density at radius 1 is 0.267 bits per heavy atom. The van der Waals surface area contributed by atoms with Crippen molar-refractivity contribution in [2.75, 3.05) is 13.2 Å². The van der Waals surface area contributed by atoms with Crippen LogP contribution in [0.4, 0.5) is 0 Å². The Hall–Kier alpha value is -1.59. The van der Waals surface area contributed by atoms with Crippen LogP contribution in [0.15, 0.2) is 0 Å². The molecule has 0 saturated carbocycles. The highest BCUT2D eigenvalue weighted by Gasteiger charge is 2.19. The number of hydrogen-bond acceptors (Lipinski definition) is 6. The van der Waals surface area contributed by atoms with Crippen LogP contribution in [0.5, 0.6) is 0 Å². The molecule has 0 spiro atoms. The first-order valence-corrected chi connectivity index (χ1v) is 27.0. The number of carbonyl (C=O) groups is 3. The van der Waals surface area contributed by atoms with Crippen molar-refractivity contribution in [2.45, 2.75) is 316 Å². The number of rotatable bonds is 50. The molecule has 0 aliphatic heterocycles.